The van der Waals surface area contributed by atoms with Gasteiger partial charge in [0, 0.05) is 13.1 Å². The Morgan fingerprint density at radius 3 is 2.76 bits per heavy atom. The van der Waals surface area contributed by atoms with Crippen molar-refractivity contribution in [3.8, 4) is 0 Å². The normalized spacial score (nSPS) is 33.0. The number of carbonyl (C=O) groups is 2. The highest BCUT2D eigenvalue weighted by Gasteiger charge is 2.45. The van der Waals surface area contributed by atoms with Crippen molar-refractivity contribution < 1.29 is 14.7 Å². The first-order valence-electron chi connectivity index (χ1n) is 6.34. The number of nitrogens with one attached hydrogen (secondary N) is 1. The van der Waals surface area contributed by atoms with Crippen molar-refractivity contribution in [1.29, 1.82) is 0 Å². The van der Waals surface area contributed by atoms with Gasteiger partial charge >= 0.3 is 5.97 Å². The quantitative estimate of drug-likeness (QED) is 0.751. The first-order valence-corrected chi connectivity index (χ1v) is 6.34. The van der Waals surface area contributed by atoms with Crippen LogP contribution < -0.4 is 5.32 Å². The highest BCUT2D eigenvalue weighted by atomic mass is 16.4. The molecule has 96 valence electrons. The fourth-order valence-electron chi connectivity index (χ4n) is 2.79. The second-order valence-corrected chi connectivity index (χ2v) is 5.10. The molecule has 2 atom stereocenters. The highest BCUT2D eigenvalue weighted by Crippen LogP contribution is 2.34. The van der Waals surface area contributed by atoms with E-state index in [0.29, 0.717) is 25.9 Å². The Bertz CT molecular complexity index is 326. The summed E-state index contributed by atoms with van der Waals surface area (Å²) in [6.07, 6.45) is 3.07. The lowest BCUT2D eigenvalue weighted by Crippen LogP contribution is -2.44. The molecule has 5 nitrogen and oxygen atoms in total. The first-order chi connectivity index (χ1) is 8.09. The molecule has 2 rings (SSSR count). The van der Waals surface area contributed by atoms with Gasteiger partial charge in [0.1, 0.15) is 0 Å². The zero-order valence-electron chi connectivity index (χ0n) is 10.2. The molecule has 17 heavy (non-hydrogen) atoms. The molecule has 0 aromatic heterocycles. The van der Waals surface area contributed by atoms with Crippen LogP contribution in [0.4, 0.5) is 0 Å². The predicted molar refractivity (Wildman–Crippen MR) is 62.6 cm³/mol. The van der Waals surface area contributed by atoms with Crippen molar-refractivity contribution >= 4 is 11.9 Å². The van der Waals surface area contributed by atoms with E-state index in [2.05, 4.69) is 5.32 Å². The number of rotatable bonds is 3. The summed E-state index contributed by atoms with van der Waals surface area (Å²) in [5.41, 5.74) is -0.714. The maximum absolute atomic E-state index is 12.1. The van der Waals surface area contributed by atoms with E-state index in [4.69, 9.17) is 0 Å². The molecule has 2 aliphatic heterocycles. The van der Waals surface area contributed by atoms with Gasteiger partial charge in [-0.1, -0.05) is 6.92 Å². The number of hydrogen-bond donors (Lipinski definition) is 2. The van der Waals surface area contributed by atoms with E-state index in [1.54, 1.807) is 4.90 Å². The predicted octanol–water partition coefficient (Wildman–Crippen LogP) is 0.452. The minimum absolute atomic E-state index is 0.0825. The third-order valence-electron chi connectivity index (χ3n) is 4.15. The van der Waals surface area contributed by atoms with Crippen molar-refractivity contribution in [2.45, 2.75) is 38.6 Å². The Morgan fingerprint density at radius 1 is 1.53 bits per heavy atom. The van der Waals surface area contributed by atoms with Gasteiger partial charge in [0.05, 0.1) is 11.5 Å². The lowest BCUT2D eigenvalue weighted by molar-refractivity contribution is -0.148. The Balaban J connectivity index is 2.01. The van der Waals surface area contributed by atoms with E-state index >= 15 is 0 Å². The summed E-state index contributed by atoms with van der Waals surface area (Å²) in [4.78, 5) is 25.2. The fraction of sp³-hybridized carbons (Fsp3) is 0.833. The van der Waals surface area contributed by atoms with E-state index in [1.165, 1.54) is 0 Å². The fourth-order valence-corrected chi connectivity index (χ4v) is 2.79. The number of amides is 1. The number of nitrogens with zero attached hydrogens (tertiary/aromatic N) is 1. The van der Waals surface area contributed by atoms with E-state index in [9.17, 15) is 14.7 Å². The van der Waals surface area contributed by atoms with E-state index in [1.807, 2.05) is 6.92 Å². The maximum atomic E-state index is 12.1. The average molecular weight is 240 g/mol. The van der Waals surface area contributed by atoms with Gasteiger partial charge in [0.2, 0.25) is 5.91 Å². The second-order valence-electron chi connectivity index (χ2n) is 5.10. The third kappa shape index (κ3) is 2.16. The molecule has 2 N–H and O–H groups in total. The molecule has 0 bridgehead atoms. The van der Waals surface area contributed by atoms with Gasteiger partial charge in [-0.3, -0.25) is 9.59 Å². The summed E-state index contributed by atoms with van der Waals surface area (Å²) in [6.45, 7) is 3.73. The lowest BCUT2D eigenvalue weighted by atomic mass is 9.84. The molecule has 2 aliphatic rings. The summed E-state index contributed by atoms with van der Waals surface area (Å²) in [5.74, 6) is -0.686. The van der Waals surface area contributed by atoms with Crippen molar-refractivity contribution in [2.24, 2.45) is 5.41 Å². The zero-order chi connectivity index (χ0) is 12.5. The van der Waals surface area contributed by atoms with Gasteiger partial charge in [-0.15, -0.1) is 0 Å². The Labute approximate surface area is 101 Å². The third-order valence-corrected chi connectivity index (χ3v) is 4.15. The SMILES string of the molecule is CCC1(C(=O)O)CCN(C(=O)[C@H]2CCCN2)C1. The first kappa shape index (κ1) is 12.4. The summed E-state index contributed by atoms with van der Waals surface area (Å²) in [5, 5.41) is 12.4. The Kier molecular flexibility index (Phi) is 3.38. The number of carboxylic acid groups (broad SMARTS) is 1. The number of likely N-dealkylation sites (tertiary alicyclic amines) is 1. The topological polar surface area (TPSA) is 69.6 Å². The monoisotopic (exact) mass is 240 g/mol. The largest absolute Gasteiger partial charge is 0.481 e. The molecule has 0 radical (unpaired) electrons. The molecular weight excluding hydrogens is 220 g/mol. The number of carboxylic acids is 1. The average Bonchev–Trinajstić information content (AvgIpc) is 2.98. The Hall–Kier alpha value is -1.10. The van der Waals surface area contributed by atoms with Gasteiger partial charge in [-0.25, -0.2) is 0 Å². The molecule has 5 heteroatoms. The van der Waals surface area contributed by atoms with E-state index in [-0.39, 0.29) is 11.9 Å². The number of hydrogen-bond acceptors (Lipinski definition) is 3. The van der Waals surface area contributed by atoms with Crippen LogP contribution in [0, 0.1) is 5.41 Å². The highest BCUT2D eigenvalue weighted by molar-refractivity contribution is 5.84. The van der Waals surface area contributed by atoms with Crippen LogP contribution in [-0.2, 0) is 9.59 Å². The van der Waals surface area contributed by atoms with Gasteiger partial charge in [-0.05, 0) is 32.2 Å². The van der Waals surface area contributed by atoms with Crippen LogP contribution in [0.3, 0.4) is 0 Å². The smallest absolute Gasteiger partial charge is 0.311 e. The molecule has 0 aliphatic carbocycles. The van der Waals surface area contributed by atoms with Crippen LogP contribution in [0.25, 0.3) is 0 Å². The zero-order valence-corrected chi connectivity index (χ0v) is 10.2. The minimum Gasteiger partial charge on any atom is -0.481 e. The molecule has 2 heterocycles. The van der Waals surface area contributed by atoms with Gasteiger partial charge in [-0.2, -0.15) is 0 Å². The standard InChI is InChI=1S/C12H20N2O3/c1-2-12(11(16)17)5-7-14(8-12)10(15)9-4-3-6-13-9/h9,13H,2-8H2,1H3,(H,16,17)/t9-,12?/m1/s1. The van der Waals surface area contributed by atoms with Crippen molar-refractivity contribution in [1.82, 2.24) is 10.2 Å². The van der Waals surface area contributed by atoms with Gasteiger partial charge in [0.25, 0.3) is 0 Å². The second kappa shape index (κ2) is 4.64. The molecular formula is C12H20N2O3. The number of carbonyl (C=O) groups excluding carboxylic acids is 1. The number of aliphatic carboxylic acids is 1. The molecule has 0 aromatic rings. The van der Waals surface area contributed by atoms with Crippen molar-refractivity contribution in [2.75, 3.05) is 19.6 Å². The van der Waals surface area contributed by atoms with Crippen molar-refractivity contribution in [3.63, 3.8) is 0 Å². The molecule has 2 fully saturated rings. The van der Waals surface area contributed by atoms with Gasteiger partial charge in [0.15, 0.2) is 0 Å². The minimum atomic E-state index is -0.769. The van der Waals surface area contributed by atoms with E-state index < -0.39 is 11.4 Å². The van der Waals surface area contributed by atoms with Crippen LogP contribution in [0.15, 0.2) is 0 Å². The van der Waals surface area contributed by atoms with Crippen LogP contribution in [0.2, 0.25) is 0 Å². The molecule has 0 aromatic carbocycles. The molecule has 2 saturated heterocycles. The molecule has 1 unspecified atom stereocenters. The molecule has 0 spiro atoms. The van der Waals surface area contributed by atoms with Crippen LogP contribution in [0.5, 0.6) is 0 Å². The Morgan fingerprint density at radius 2 is 2.29 bits per heavy atom. The summed E-state index contributed by atoms with van der Waals surface area (Å²) < 4.78 is 0. The summed E-state index contributed by atoms with van der Waals surface area (Å²) in [7, 11) is 0. The summed E-state index contributed by atoms with van der Waals surface area (Å²) in [6, 6.07) is -0.0866. The van der Waals surface area contributed by atoms with Crippen LogP contribution in [0.1, 0.15) is 32.6 Å². The summed E-state index contributed by atoms with van der Waals surface area (Å²) >= 11 is 0. The van der Waals surface area contributed by atoms with Crippen molar-refractivity contribution in [3.05, 3.63) is 0 Å². The van der Waals surface area contributed by atoms with Crippen LogP contribution in [-0.4, -0.2) is 47.6 Å². The van der Waals surface area contributed by atoms with Crippen LogP contribution >= 0.6 is 0 Å². The van der Waals surface area contributed by atoms with E-state index in [0.717, 1.165) is 19.4 Å². The molecule has 0 saturated carbocycles. The molecule has 1 amide bonds. The lowest BCUT2D eigenvalue weighted by Gasteiger charge is -2.24. The maximum Gasteiger partial charge on any atom is 0.311 e. The van der Waals surface area contributed by atoms with Gasteiger partial charge < -0.3 is 15.3 Å².